The highest BCUT2D eigenvalue weighted by Gasteiger charge is 2.17. The van der Waals surface area contributed by atoms with Gasteiger partial charge in [-0.05, 0) is 54.7 Å². The summed E-state index contributed by atoms with van der Waals surface area (Å²) in [5.41, 5.74) is 7.91. The molecule has 2 aromatic rings. The smallest absolute Gasteiger partial charge is 0.269 e. The third-order valence-corrected chi connectivity index (χ3v) is 8.01. The van der Waals surface area contributed by atoms with Crippen LogP contribution >= 0.6 is 35.3 Å². The SMILES string of the molecule is Cc1ccc(SCC(=O)NNC(=O)c2ccc(C3SCCCS3)cc2)cc1. The lowest BCUT2D eigenvalue weighted by atomic mass is 10.1. The summed E-state index contributed by atoms with van der Waals surface area (Å²) in [7, 11) is 0. The number of hydrogen-bond donors (Lipinski definition) is 2. The second-order valence-electron chi connectivity index (χ2n) is 6.15. The first-order chi connectivity index (χ1) is 13.1. The second kappa shape index (κ2) is 10.1. The van der Waals surface area contributed by atoms with Crippen molar-refractivity contribution in [2.24, 2.45) is 0 Å². The number of aryl methyl sites for hydroxylation is 1. The van der Waals surface area contributed by atoms with Gasteiger partial charge >= 0.3 is 0 Å². The highest BCUT2D eigenvalue weighted by Crippen LogP contribution is 2.43. The highest BCUT2D eigenvalue weighted by molar-refractivity contribution is 8.16. The van der Waals surface area contributed by atoms with Crippen LogP contribution in [0.2, 0.25) is 0 Å². The Labute approximate surface area is 172 Å². The molecule has 1 saturated heterocycles. The molecule has 0 radical (unpaired) electrons. The number of hydrazine groups is 1. The molecule has 7 heteroatoms. The van der Waals surface area contributed by atoms with Crippen LogP contribution in [0.4, 0.5) is 0 Å². The molecule has 3 rings (SSSR count). The number of thioether (sulfide) groups is 3. The van der Waals surface area contributed by atoms with Crippen LogP contribution in [0.5, 0.6) is 0 Å². The first kappa shape index (κ1) is 20.2. The van der Waals surface area contributed by atoms with Gasteiger partial charge in [-0.3, -0.25) is 20.4 Å². The topological polar surface area (TPSA) is 58.2 Å². The molecule has 0 atom stereocenters. The van der Waals surface area contributed by atoms with E-state index in [0.717, 1.165) is 4.90 Å². The van der Waals surface area contributed by atoms with Crippen molar-refractivity contribution >= 4 is 47.1 Å². The summed E-state index contributed by atoms with van der Waals surface area (Å²) >= 11 is 5.34. The monoisotopic (exact) mass is 418 g/mol. The maximum Gasteiger partial charge on any atom is 0.269 e. The molecule has 2 aromatic carbocycles. The van der Waals surface area contributed by atoms with Crippen molar-refractivity contribution in [2.45, 2.75) is 22.8 Å². The average Bonchev–Trinajstić information content (AvgIpc) is 2.72. The zero-order valence-corrected chi connectivity index (χ0v) is 17.5. The van der Waals surface area contributed by atoms with Gasteiger partial charge in [0, 0.05) is 10.5 Å². The predicted molar refractivity (Wildman–Crippen MR) is 116 cm³/mol. The fraction of sp³-hybridized carbons (Fsp3) is 0.300. The quantitative estimate of drug-likeness (QED) is 0.556. The van der Waals surface area contributed by atoms with Crippen LogP contribution in [0, 0.1) is 6.92 Å². The molecular formula is C20H22N2O2S3. The minimum atomic E-state index is -0.306. The molecule has 0 unspecified atom stereocenters. The van der Waals surface area contributed by atoms with Crippen LogP contribution < -0.4 is 10.9 Å². The standard InChI is InChI=1S/C20H22N2O2S3/c1-14-3-9-17(10-4-14)27-13-18(23)21-22-19(24)15-5-7-16(8-6-15)20-25-11-2-12-26-20/h3-10,20H,2,11-13H2,1H3,(H,21,23)(H,22,24). The molecule has 1 aliphatic rings. The molecule has 0 saturated carbocycles. The lowest BCUT2D eigenvalue weighted by Gasteiger charge is -2.21. The van der Waals surface area contributed by atoms with Crippen molar-refractivity contribution in [3.63, 3.8) is 0 Å². The minimum absolute atomic E-state index is 0.236. The molecule has 0 spiro atoms. The van der Waals surface area contributed by atoms with Gasteiger partial charge in [-0.1, -0.05) is 29.8 Å². The summed E-state index contributed by atoms with van der Waals surface area (Å²) in [4.78, 5) is 25.2. The molecule has 0 bridgehead atoms. The number of rotatable bonds is 5. The molecule has 4 nitrogen and oxygen atoms in total. The van der Waals surface area contributed by atoms with Crippen molar-refractivity contribution < 1.29 is 9.59 Å². The molecule has 1 fully saturated rings. The maximum atomic E-state index is 12.2. The Bertz CT molecular complexity index is 773. The van der Waals surface area contributed by atoms with Gasteiger partial charge in [-0.25, -0.2) is 0 Å². The summed E-state index contributed by atoms with van der Waals surface area (Å²) in [6.07, 6.45) is 1.26. The Morgan fingerprint density at radius 2 is 1.67 bits per heavy atom. The van der Waals surface area contributed by atoms with Crippen molar-refractivity contribution in [2.75, 3.05) is 17.3 Å². The molecule has 0 aliphatic carbocycles. The summed E-state index contributed by atoms with van der Waals surface area (Å²) in [6.45, 7) is 2.02. The van der Waals surface area contributed by atoms with Crippen LogP contribution in [0.1, 0.15) is 32.5 Å². The minimum Gasteiger partial charge on any atom is -0.272 e. The Hall–Kier alpha value is -1.57. The van der Waals surface area contributed by atoms with E-state index in [1.807, 2.05) is 79.0 Å². The molecule has 1 heterocycles. The Kier molecular flexibility index (Phi) is 7.55. The summed E-state index contributed by atoms with van der Waals surface area (Å²) in [5.74, 6) is 2.08. The van der Waals surface area contributed by atoms with Gasteiger partial charge in [-0.2, -0.15) is 0 Å². The maximum absolute atomic E-state index is 12.2. The van der Waals surface area contributed by atoms with E-state index in [0.29, 0.717) is 10.1 Å². The van der Waals surface area contributed by atoms with Crippen molar-refractivity contribution in [1.82, 2.24) is 10.9 Å². The van der Waals surface area contributed by atoms with Crippen LogP contribution in [0.3, 0.4) is 0 Å². The predicted octanol–water partition coefficient (Wildman–Crippen LogP) is 4.42. The van der Waals surface area contributed by atoms with Gasteiger partial charge in [0.2, 0.25) is 5.91 Å². The van der Waals surface area contributed by atoms with E-state index < -0.39 is 0 Å². The number of carbonyl (C=O) groups excluding carboxylic acids is 2. The molecule has 1 aliphatic heterocycles. The van der Waals surface area contributed by atoms with Gasteiger partial charge < -0.3 is 0 Å². The third-order valence-electron chi connectivity index (χ3n) is 3.98. The van der Waals surface area contributed by atoms with Gasteiger partial charge in [0.05, 0.1) is 10.3 Å². The number of nitrogens with one attached hydrogen (secondary N) is 2. The number of carbonyl (C=O) groups is 2. The van der Waals surface area contributed by atoms with E-state index in [1.165, 1.54) is 40.8 Å². The van der Waals surface area contributed by atoms with E-state index >= 15 is 0 Å². The number of benzene rings is 2. The van der Waals surface area contributed by atoms with Gasteiger partial charge in [0.25, 0.3) is 5.91 Å². The Morgan fingerprint density at radius 1 is 1.00 bits per heavy atom. The lowest BCUT2D eigenvalue weighted by Crippen LogP contribution is -2.42. The molecule has 27 heavy (non-hydrogen) atoms. The summed E-state index contributed by atoms with van der Waals surface area (Å²) < 4.78 is 0.453. The lowest BCUT2D eigenvalue weighted by molar-refractivity contribution is -0.119. The fourth-order valence-electron chi connectivity index (χ4n) is 2.49. The van der Waals surface area contributed by atoms with Gasteiger partial charge in [0.15, 0.2) is 0 Å². The average molecular weight is 419 g/mol. The fourth-order valence-corrected chi connectivity index (χ4v) is 6.08. The van der Waals surface area contributed by atoms with E-state index in [9.17, 15) is 9.59 Å². The Morgan fingerprint density at radius 3 is 2.33 bits per heavy atom. The zero-order chi connectivity index (χ0) is 19.1. The van der Waals surface area contributed by atoms with E-state index in [4.69, 9.17) is 0 Å². The first-order valence-corrected chi connectivity index (χ1v) is 11.8. The first-order valence-electron chi connectivity index (χ1n) is 8.73. The van der Waals surface area contributed by atoms with Crippen LogP contribution in [-0.2, 0) is 4.79 Å². The third kappa shape index (κ3) is 6.23. The summed E-state index contributed by atoms with van der Waals surface area (Å²) in [5, 5.41) is 0. The van der Waals surface area contributed by atoms with Gasteiger partial charge in [0.1, 0.15) is 0 Å². The molecule has 2 amide bonds. The molecule has 0 aromatic heterocycles. The number of hydrogen-bond acceptors (Lipinski definition) is 5. The van der Waals surface area contributed by atoms with Crippen LogP contribution in [0.25, 0.3) is 0 Å². The highest BCUT2D eigenvalue weighted by atomic mass is 32.2. The van der Waals surface area contributed by atoms with E-state index in [2.05, 4.69) is 10.9 Å². The molecular weight excluding hydrogens is 396 g/mol. The van der Waals surface area contributed by atoms with Crippen LogP contribution in [0.15, 0.2) is 53.4 Å². The van der Waals surface area contributed by atoms with Crippen LogP contribution in [-0.4, -0.2) is 29.1 Å². The Balaban J connectivity index is 1.44. The zero-order valence-electron chi connectivity index (χ0n) is 15.1. The molecule has 2 N–H and O–H groups in total. The normalized spacial score (nSPS) is 14.6. The number of amides is 2. The second-order valence-corrected chi connectivity index (χ2v) is 9.93. The van der Waals surface area contributed by atoms with E-state index in [1.54, 1.807) is 0 Å². The van der Waals surface area contributed by atoms with E-state index in [-0.39, 0.29) is 17.6 Å². The van der Waals surface area contributed by atoms with Gasteiger partial charge in [-0.15, -0.1) is 35.3 Å². The van der Waals surface area contributed by atoms with Crippen molar-refractivity contribution in [3.8, 4) is 0 Å². The largest absolute Gasteiger partial charge is 0.272 e. The van der Waals surface area contributed by atoms with Crippen molar-refractivity contribution in [1.29, 1.82) is 0 Å². The molecule has 142 valence electrons. The van der Waals surface area contributed by atoms with Crippen molar-refractivity contribution in [3.05, 3.63) is 65.2 Å². The summed E-state index contributed by atoms with van der Waals surface area (Å²) in [6, 6.07) is 15.6.